The molecule has 0 atom stereocenters. The van der Waals surface area contributed by atoms with Gasteiger partial charge in [-0.05, 0) is 63.2 Å². The van der Waals surface area contributed by atoms with Crippen LogP contribution in [0, 0.1) is 18.3 Å². The van der Waals surface area contributed by atoms with Gasteiger partial charge in [0.2, 0.25) is 5.91 Å². The summed E-state index contributed by atoms with van der Waals surface area (Å²) in [5.41, 5.74) is 0.509. The number of carbonyl (C=O) groups excluding carboxylic acids is 1. The van der Waals surface area contributed by atoms with Crippen LogP contribution in [0.1, 0.15) is 31.5 Å². The first-order valence-corrected chi connectivity index (χ1v) is 11.6. The average Bonchev–Trinajstić information content (AvgIpc) is 3.53. The van der Waals surface area contributed by atoms with Gasteiger partial charge in [0, 0.05) is 36.7 Å². The zero-order chi connectivity index (χ0) is 24.1. The van der Waals surface area contributed by atoms with Gasteiger partial charge in [0.05, 0.1) is 17.3 Å². The number of piperidine rings is 1. The molecule has 2 aromatic heterocycles. The molecule has 3 heterocycles. The van der Waals surface area contributed by atoms with Crippen LogP contribution in [0.25, 0.3) is 22.0 Å². The molecule has 5 rings (SSSR count). The maximum atomic E-state index is 13.2. The molecule has 1 saturated heterocycles. The first kappa shape index (κ1) is 22.8. The quantitative estimate of drug-likeness (QED) is 0.573. The van der Waals surface area contributed by atoms with E-state index in [9.17, 15) is 18.0 Å². The molecule has 180 valence electrons. The number of amides is 1. The van der Waals surface area contributed by atoms with Crippen molar-refractivity contribution >= 4 is 22.5 Å². The van der Waals surface area contributed by atoms with E-state index < -0.39 is 11.6 Å². The lowest BCUT2D eigenvalue weighted by atomic mass is 9.94. The van der Waals surface area contributed by atoms with Crippen molar-refractivity contribution in [2.75, 3.05) is 25.0 Å². The van der Waals surface area contributed by atoms with Crippen molar-refractivity contribution in [1.82, 2.24) is 19.4 Å². The van der Waals surface area contributed by atoms with E-state index in [1.54, 1.807) is 6.20 Å². The Morgan fingerprint density at radius 2 is 1.85 bits per heavy atom. The van der Waals surface area contributed by atoms with E-state index in [-0.39, 0.29) is 31.2 Å². The first-order valence-electron chi connectivity index (χ1n) is 11.6. The highest BCUT2D eigenvalue weighted by atomic mass is 19.4. The fourth-order valence-corrected chi connectivity index (χ4v) is 4.83. The molecule has 1 aliphatic heterocycles. The van der Waals surface area contributed by atoms with Gasteiger partial charge in [0.25, 0.3) is 0 Å². The standard InChI is InChI=1S/C25H28F3N5O/c1-16-29-14-21(32(16)2)18-3-4-19-13-30-22(12-20(19)11-18)31-23(34)17-5-9-33(10-6-17)15-24(7-8-24)25(26,27)28/h3-4,11-14,17H,5-10,15H2,1-2H3,(H,30,31,34). The van der Waals surface area contributed by atoms with Crippen LogP contribution in [-0.4, -0.2) is 51.2 Å². The summed E-state index contributed by atoms with van der Waals surface area (Å²) in [4.78, 5) is 23.4. The average molecular weight is 472 g/mol. The number of alkyl halides is 3. The zero-order valence-electron chi connectivity index (χ0n) is 19.3. The number of pyridine rings is 1. The van der Waals surface area contributed by atoms with E-state index in [0.29, 0.717) is 31.7 Å². The highest BCUT2D eigenvalue weighted by Crippen LogP contribution is 2.58. The fraction of sp³-hybridized carbons (Fsp3) is 0.480. The Hall–Kier alpha value is -2.94. The Balaban J connectivity index is 1.23. The third-order valence-corrected chi connectivity index (χ3v) is 7.43. The van der Waals surface area contributed by atoms with E-state index in [1.807, 2.05) is 47.8 Å². The van der Waals surface area contributed by atoms with Gasteiger partial charge >= 0.3 is 6.18 Å². The summed E-state index contributed by atoms with van der Waals surface area (Å²) in [5.74, 6) is 1.06. The number of imidazole rings is 1. The van der Waals surface area contributed by atoms with Crippen LogP contribution in [0.5, 0.6) is 0 Å². The number of fused-ring (bicyclic) bond motifs is 1. The van der Waals surface area contributed by atoms with Crippen LogP contribution in [0.15, 0.2) is 36.7 Å². The van der Waals surface area contributed by atoms with Gasteiger partial charge in [0.1, 0.15) is 11.6 Å². The van der Waals surface area contributed by atoms with Crippen molar-refractivity contribution < 1.29 is 18.0 Å². The van der Waals surface area contributed by atoms with Crippen molar-refractivity contribution in [3.63, 3.8) is 0 Å². The second kappa shape index (κ2) is 8.37. The minimum absolute atomic E-state index is 0.0512. The Morgan fingerprint density at radius 1 is 1.12 bits per heavy atom. The molecule has 2 fully saturated rings. The molecule has 0 unspecified atom stereocenters. The highest BCUT2D eigenvalue weighted by molar-refractivity contribution is 5.95. The maximum Gasteiger partial charge on any atom is 0.395 e. The van der Waals surface area contributed by atoms with Crippen molar-refractivity contribution in [2.24, 2.45) is 18.4 Å². The largest absolute Gasteiger partial charge is 0.395 e. The van der Waals surface area contributed by atoms with E-state index in [2.05, 4.69) is 21.4 Å². The number of hydrogen-bond acceptors (Lipinski definition) is 4. The van der Waals surface area contributed by atoms with Gasteiger partial charge in [-0.15, -0.1) is 0 Å². The maximum absolute atomic E-state index is 13.2. The number of likely N-dealkylation sites (tertiary alicyclic amines) is 1. The second-order valence-electron chi connectivity index (χ2n) is 9.70. The normalized spacial score (nSPS) is 18.9. The molecule has 1 saturated carbocycles. The highest BCUT2D eigenvalue weighted by Gasteiger charge is 2.63. The number of nitrogens with zero attached hydrogens (tertiary/aromatic N) is 4. The van der Waals surface area contributed by atoms with Crippen molar-refractivity contribution in [1.29, 1.82) is 0 Å². The van der Waals surface area contributed by atoms with Crippen LogP contribution in [0.3, 0.4) is 0 Å². The topological polar surface area (TPSA) is 63.1 Å². The number of rotatable bonds is 5. The second-order valence-corrected chi connectivity index (χ2v) is 9.70. The zero-order valence-corrected chi connectivity index (χ0v) is 19.3. The number of aryl methyl sites for hydroxylation is 1. The molecule has 9 heteroatoms. The van der Waals surface area contributed by atoms with Crippen molar-refractivity contribution in [3.05, 3.63) is 42.5 Å². The predicted molar refractivity (Wildman–Crippen MR) is 124 cm³/mol. The minimum Gasteiger partial charge on any atom is -0.331 e. The fourth-order valence-electron chi connectivity index (χ4n) is 4.83. The monoisotopic (exact) mass is 471 g/mol. The summed E-state index contributed by atoms with van der Waals surface area (Å²) in [7, 11) is 1.97. The van der Waals surface area contributed by atoms with E-state index in [4.69, 9.17) is 0 Å². The lowest BCUT2D eigenvalue weighted by Gasteiger charge is -2.34. The van der Waals surface area contributed by atoms with Gasteiger partial charge in [-0.2, -0.15) is 13.2 Å². The molecule has 1 aromatic carbocycles. The molecule has 0 bridgehead atoms. The number of hydrogen-bond donors (Lipinski definition) is 1. The van der Waals surface area contributed by atoms with Gasteiger partial charge in [0.15, 0.2) is 0 Å². The van der Waals surface area contributed by atoms with E-state index >= 15 is 0 Å². The van der Waals surface area contributed by atoms with E-state index in [0.717, 1.165) is 27.9 Å². The lowest BCUT2D eigenvalue weighted by molar-refractivity contribution is -0.192. The van der Waals surface area contributed by atoms with Gasteiger partial charge in [-0.3, -0.25) is 4.79 Å². The Kier molecular flexibility index (Phi) is 5.62. The lowest BCUT2D eigenvalue weighted by Crippen LogP contribution is -2.44. The third kappa shape index (κ3) is 4.29. The Morgan fingerprint density at radius 3 is 2.47 bits per heavy atom. The summed E-state index contributed by atoms with van der Waals surface area (Å²) in [6.45, 7) is 3.02. The summed E-state index contributed by atoms with van der Waals surface area (Å²) >= 11 is 0. The SMILES string of the molecule is Cc1ncc(-c2ccc3cnc(NC(=O)C4CCN(CC5(C(F)(F)F)CC5)CC4)cc3c2)n1C. The molecule has 34 heavy (non-hydrogen) atoms. The molecule has 3 aromatic rings. The van der Waals surface area contributed by atoms with Crippen molar-refractivity contribution in [2.45, 2.75) is 38.8 Å². The van der Waals surface area contributed by atoms with Gasteiger partial charge < -0.3 is 14.8 Å². The molecular weight excluding hydrogens is 443 g/mol. The molecule has 1 aliphatic carbocycles. The van der Waals surface area contributed by atoms with E-state index in [1.165, 1.54) is 0 Å². The molecule has 0 spiro atoms. The van der Waals surface area contributed by atoms with Crippen LogP contribution >= 0.6 is 0 Å². The summed E-state index contributed by atoms with van der Waals surface area (Å²) in [6.07, 6.45) is 0.969. The number of aromatic nitrogens is 3. The van der Waals surface area contributed by atoms with Gasteiger partial charge in [-0.25, -0.2) is 9.97 Å². The molecule has 1 N–H and O–H groups in total. The minimum atomic E-state index is -4.14. The molecule has 1 amide bonds. The third-order valence-electron chi connectivity index (χ3n) is 7.43. The number of halogens is 3. The van der Waals surface area contributed by atoms with Crippen LogP contribution in [0.4, 0.5) is 19.0 Å². The summed E-state index contributed by atoms with van der Waals surface area (Å²) in [5, 5.41) is 4.83. The molecule has 2 aliphatic rings. The number of anilines is 1. The number of nitrogens with one attached hydrogen (secondary N) is 1. The van der Waals surface area contributed by atoms with Crippen LogP contribution in [-0.2, 0) is 11.8 Å². The first-order chi connectivity index (χ1) is 16.1. The Bertz CT molecular complexity index is 1220. The molecular formula is C25H28F3N5O. The summed E-state index contributed by atoms with van der Waals surface area (Å²) in [6, 6.07) is 7.93. The van der Waals surface area contributed by atoms with Crippen LogP contribution < -0.4 is 5.32 Å². The van der Waals surface area contributed by atoms with Crippen LogP contribution in [0.2, 0.25) is 0 Å². The molecule has 0 radical (unpaired) electrons. The van der Waals surface area contributed by atoms with Crippen molar-refractivity contribution in [3.8, 4) is 11.3 Å². The number of carbonyl (C=O) groups is 1. The summed E-state index contributed by atoms with van der Waals surface area (Å²) < 4.78 is 41.8. The molecule has 6 nitrogen and oxygen atoms in total. The van der Waals surface area contributed by atoms with Gasteiger partial charge in [-0.1, -0.05) is 12.1 Å². The smallest absolute Gasteiger partial charge is 0.331 e. The number of benzene rings is 1. The Labute approximate surface area is 196 Å². The predicted octanol–water partition coefficient (Wildman–Crippen LogP) is 4.94.